The number of nitrogens with one attached hydrogen (secondary N) is 1. The Morgan fingerprint density at radius 3 is 2.83 bits per heavy atom. The maximum absolute atomic E-state index is 13.3. The maximum Gasteiger partial charge on any atom is 0.254 e. The van der Waals surface area contributed by atoms with Crippen LogP contribution < -0.4 is 5.32 Å². The molecule has 0 unspecified atom stereocenters. The normalized spacial score (nSPS) is 10.4. The van der Waals surface area contributed by atoms with Crippen molar-refractivity contribution in [2.75, 3.05) is 0 Å². The zero-order chi connectivity index (χ0) is 13.1. The molecule has 0 saturated carbocycles. The van der Waals surface area contributed by atoms with Crippen LogP contribution in [0.2, 0.25) is 0 Å². The number of nitrogens with zero attached hydrogens (tertiary/aromatic N) is 1. The molecule has 94 valence electrons. The lowest BCUT2D eigenvalue weighted by Gasteiger charge is -2.04. The van der Waals surface area contributed by atoms with E-state index >= 15 is 0 Å². The molecule has 0 fully saturated rings. The molecular weight excluding hydrogens is 326 g/mol. The molecule has 1 amide bonds. The molecule has 3 nitrogen and oxygen atoms in total. The van der Waals surface area contributed by atoms with Crippen molar-refractivity contribution in [1.82, 2.24) is 10.3 Å². The van der Waals surface area contributed by atoms with Crippen molar-refractivity contribution >= 4 is 33.2 Å². The number of rotatable bonds is 3. The average Bonchev–Trinajstić information content (AvgIpc) is 2.76. The molecule has 7 heteroatoms. The zero-order valence-corrected chi connectivity index (χ0v) is 11.3. The van der Waals surface area contributed by atoms with Crippen LogP contribution in [0.1, 0.15) is 15.2 Å². The van der Waals surface area contributed by atoms with Crippen molar-refractivity contribution < 1.29 is 13.6 Å². The van der Waals surface area contributed by atoms with Crippen molar-refractivity contribution in [3.8, 4) is 0 Å². The van der Waals surface area contributed by atoms with Gasteiger partial charge in [-0.3, -0.25) is 4.79 Å². The van der Waals surface area contributed by atoms with Gasteiger partial charge in [-0.25, -0.2) is 9.37 Å². The lowest BCUT2D eigenvalue weighted by molar-refractivity contribution is 0.0946. The van der Waals surface area contributed by atoms with Crippen molar-refractivity contribution in [1.29, 1.82) is 0 Å². The Hall–Kier alpha value is -1.34. The molecule has 0 saturated heterocycles. The number of carbonyl (C=O) groups is 1. The minimum absolute atomic E-state index is 0.262. The van der Waals surface area contributed by atoms with Gasteiger partial charge in [-0.05, 0) is 34.1 Å². The van der Waals surface area contributed by atoms with Gasteiger partial charge in [-0.2, -0.15) is 4.39 Å². The number of amides is 1. The lowest BCUT2D eigenvalue weighted by Crippen LogP contribution is -2.24. The first kappa shape index (κ1) is 13.1. The van der Waals surface area contributed by atoms with Gasteiger partial charge < -0.3 is 5.32 Å². The number of hydrogen-bond donors (Lipinski definition) is 1. The van der Waals surface area contributed by atoms with Gasteiger partial charge in [-0.1, -0.05) is 0 Å². The summed E-state index contributed by atoms with van der Waals surface area (Å²) in [6.07, 6.45) is 1.05. The number of hydrogen-bond acceptors (Lipinski definition) is 3. The third-order valence-electron chi connectivity index (χ3n) is 2.14. The number of halogens is 3. The van der Waals surface area contributed by atoms with E-state index < -0.39 is 17.7 Å². The SMILES string of the molecule is O=C(NCc1ccc(Br)s1)c1ccnc(F)c1F. The van der Waals surface area contributed by atoms with Gasteiger partial charge in [0.05, 0.1) is 15.9 Å². The third kappa shape index (κ3) is 2.91. The Morgan fingerprint density at radius 1 is 1.39 bits per heavy atom. The summed E-state index contributed by atoms with van der Waals surface area (Å²) in [6, 6.07) is 4.81. The first-order chi connectivity index (χ1) is 8.58. The highest BCUT2D eigenvalue weighted by molar-refractivity contribution is 9.11. The molecule has 0 atom stereocenters. The monoisotopic (exact) mass is 332 g/mol. The van der Waals surface area contributed by atoms with E-state index in [-0.39, 0.29) is 12.1 Å². The molecule has 0 aromatic carbocycles. The molecule has 2 rings (SSSR count). The second kappa shape index (κ2) is 5.53. The first-order valence-corrected chi connectivity index (χ1v) is 6.51. The highest BCUT2D eigenvalue weighted by atomic mass is 79.9. The van der Waals surface area contributed by atoms with Crippen LogP contribution in [0.15, 0.2) is 28.2 Å². The van der Waals surface area contributed by atoms with E-state index in [4.69, 9.17) is 0 Å². The molecule has 2 aromatic heterocycles. The van der Waals surface area contributed by atoms with Crippen LogP contribution in [0.5, 0.6) is 0 Å². The van der Waals surface area contributed by atoms with Gasteiger partial charge in [-0.15, -0.1) is 11.3 Å². The average molecular weight is 333 g/mol. The molecule has 2 heterocycles. The molecule has 0 aliphatic carbocycles. The highest BCUT2D eigenvalue weighted by Gasteiger charge is 2.15. The summed E-state index contributed by atoms with van der Waals surface area (Å²) in [5.41, 5.74) is -0.349. The second-order valence-corrected chi connectivity index (χ2v) is 5.90. The van der Waals surface area contributed by atoms with Gasteiger partial charge in [0.2, 0.25) is 5.95 Å². The van der Waals surface area contributed by atoms with E-state index in [9.17, 15) is 13.6 Å². The van der Waals surface area contributed by atoms with Crippen LogP contribution >= 0.6 is 27.3 Å². The molecule has 0 radical (unpaired) electrons. The first-order valence-electron chi connectivity index (χ1n) is 4.90. The summed E-state index contributed by atoms with van der Waals surface area (Å²) in [4.78, 5) is 15.7. The molecule has 0 bridgehead atoms. The molecule has 0 aliphatic rings. The van der Waals surface area contributed by atoms with Crippen molar-refractivity contribution in [3.05, 3.63) is 50.4 Å². The Kier molecular flexibility index (Phi) is 4.03. The topological polar surface area (TPSA) is 42.0 Å². The maximum atomic E-state index is 13.3. The van der Waals surface area contributed by atoms with Crippen LogP contribution in [0.25, 0.3) is 0 Å². The number of carbonyl (C=O) groups excluding carboxylic acids is 1. The van der Waals surface area contributed by atoms with Crippen molar-refractivity contribution in [3.63, 3.8) is 0 Å². The number of thiophene rings is 1. The zero-order valence-electron chi connectivity index (χ0n) is 8.91. The molecule has 18 heavy (non-hydrogen) atoms. The van der Waals surface area contributed by atoms with Crippen LogP contribution in [0.4, 0.5) is 8.78 Å². The summed E-state index contributed by atoms with van der Waals surface area (Å²) < 4.78 is 27.1. The fourth-order valence-corrected chi connectivity index (χ4v) is 2.73. The van der Waals surface area contributed by atoms with E-state index in [1.807, 2.05) is 12.1 Å². The third-order valence-corrected chi connectivity index (χ3v) is 3.77. The molecule has 1 N–H and O–H groups in total. The molecule has 0 spiro atoms. The van der Waals surface area contributed by atoms with E-state index in [1.54, 1.807) is 0 Å². The standard InChI is InChI=1S/C11H7BrF2N2OS/c12-8-2-1-6(18-8)5-16-11(17)7-3-4-15-10(14)9(7)13/h1-4H,5H2,(H,16,17). The summed E-state index contributed by atoms with van der Waals surface area (Å²) in [7, 11) is 0. The molecule has 0 aliphatic heterocycles. The number of aromatic nitrogens is 1. The van der Waals surface area contributed by atoms with Crippen LogP contribution in [-0.4, -0.2) is 10.9 Å². The fourth-order valence-electron chi connectivity index (χ4n) is 1.30. The largest absolute Gasteiger partial charge is 0.347 e. The minimum Gasteiger partial charge on any atom is -0.347 e. The second-order valence-electron chi connectivity index (χ2n) is 3.35. The van der Waals surface area contributed by atoms with Gasteiger partial charge in [0.15, 0.2) is 5.82 Å². The van der Waals surface area contributed by atoms with Crippen LogP contribution in [0.3, 0.4) is 0 Å². The molecule has 2 aromatic rings. The summed E-state index contributed by atoms with van der Waals surface area (Å²) in [6.45, 7) is 0.262. The van der Waals surface area contributed by atoms with Crippen LogP contribution in [0, 0.1) is 11.8 Å². The van der Waals surface area contributed by atoms with E-state index in [2.05, 4.69) is 26.2 Å². The quantitative estimate of drug-likeness (QED) is 0.877. The number of pyridine rings is 1. The van der Waals surface area contributed by atoms with E-state index in [0.29, 0.717) is 0 Å². The fraction of sp³-hybridized carbons (Fsp3) is 0.0909. The Morgan fingerprint density at radius 2 is 2.17 bits per heavy atom. The predicted octanol–water partition coefficient (Wildman–Crippen LogP) is 3.11. The van der Waals surface area contributed by atoms with E-state index in [0.717, 1.165) is 20.9 Å². The minimum atomic E-state index is -1.28. The van der Waals surface area contributed by atoms with E-state index in [1.165, 1.54) is 11.3 Å². The van der Waals surface area contributed by atoms with Gasteiger partial charge in [0, 0.05) is 11.1 Å². The highest BCUT2D eigenvalue weighted by Crippen LogP contribution is 2.21. The van der Waals surface area contributed by atoms with Crippen LogP contribution in [-0.2, 0) is 6.54 Å². The van der Waals surface area contributed by atoms with Crippen molar-refractivity contribution in [2.24, 2.45) is 0 Å². The Labute approximate surface area is 114 Å². The lowest BCUT2D eigenvalue weighted by atomic mass is 10.2. The van der Waals surface area contributed by atoms with Gasteiger partial charge >= 0.3 is 0 Å². The van der Waals surface area contributed by atoms with Gasteiger partial charge in [0.25, 0.3) is 5.91 Å². The van der Waals surface area contributed by atoms with Crippen molar-refractivity contribution in [2.45, 2.75) is 6.54 Å². The Bertz CT molecular complexity index is 588. The molecular formula is C11H7BrF2N2OS. The van der Waals surface area contributed by atoms with Gasteiger partial charge in [0.1, 0.15) is 0 Å². The summed E-state index contributed by atoms with van der Waals surface area (Å²) in [5.74, 6) is -3.18. The smallest absolute Gasteiger partial charge is 0.254 e. The Balaban J connectivity index is 2.06. The summed E-state index contributed by atoms with van der Waals surface area (Å²) >= 11 is 4.75. The predicted molar refractivity (Wildman–Crippen MR) is 67.3 cm³/mol. The summed E-state index contributed by atoms with van der Waals surface area (Å²) in [5, 5.41) is 2.51.